The first kappa shape index (κ1) is 17.3. The van der Waals surface area contributed by atoms with Crippen molar-refractivity contribution in [2.45, 2.75) is 13.8 Å². The van der Waals surface area contributed by atoms with Crippen LogP contribution in [0.15, 0.2) is 42.5 Å². The lowest BCUT2D eigenvalue weighted by Crippen LogP contribution is -3.15. The topological polar surface area (TPSA) is 57.0 Å². The van der Waals surface area contributed by atoms with E-state index in [0.717, 1.165) is 48.7 Å². The third-order valence-corrected chi connectivity index (χ3v) is 4.77. The molecule has 1 fully saturated rings. The van der Waals surface area contributed by atoms with Gasteiger partial charge in [-0.3, -0.25) is 4.79 Å². The molecule has 132 valence electrons. The van der Waals surface area contributed by atoms with Gasteiger partial charge in [0.15, 0.2) is 6.54 Å². The van der Waals surface area contributed by atoms with Crippen LogP contribution in [-0.2, 0) is 4.79 Å². The molecule has 0 radical (unpaired) electrons. The fraction of sp³-hybridized carbons (Fsp3) is 0.350. The maximum Gasteiger partial charge on any atom is 0.279 e. The summed E-state index contributed by atoms with van der Waals surface area (Å²) in [7, 11) is 0. The molecule has 0 atom stereocenters. The van der Waals surface area contributed by atoms with Gasteiger partial charge in [0.2, 0.25) is 0 Å². The number of aromatic hydroxyl groups is 1. The summed E-state index contributed by atoms with van der Waals surface area (Å²) < 4.78 is 0. The molecule has 1 saturated heterocycles. The lowest BCUT2D eigenvalue weighted by atomic mass is 10.1. The summed E-state index contributed by atoms with van der Waals surface area (Å²) in [6.07, 6.45) is 0. The Hall–Kier alpha value is -2.53. The van der Waals surface area contributed by atoms with E-state index in [1.54, 1.807) is 6.07 Å². The standard InChI is InChI=1S/C20H25N3O2/c1-15-7-8-16(2)17(13-15)21-20(25)14-22-9-11-23(12-10-22)18-5-3-4-6-19(18)24/h3-8,13,24H,9-12,14H2,1-2H3,(H,21,25)/p+1. The van der Waals surface area contributed by atoms with Crippen molar-refractivity contribution in [3.05, 3.63) is 53.6 Å². The van der Waals surface area contributed by atoms with E-state index in [1.165, 1.54) is 4.90 Å². The van der Waals surface area contributed by atoms with Gasteiger partial charge in [-0.2, -0.15) is 0 Å². The molecule has 1 aliphatic heterocycles. The highest BCUT2D eigenvalue weighted by atomic mass is 16.3. The van der Waals surface area contributed by atoms with Crippen LogP contribution in [-0.4, -0.2) is 43.7 Å². The number of benzene rings is 2. The van der Waals surface area contributed by atoms with Crippen molar-refractivity contribution in [1.82, 2.24) is 0 Å². The number of amides is 1. The minimum absolute atomic E-state index is 0.0553. The number of carbonyl (C=O) groups is 1. The van der Waals surface area contributed by atoms with E-state index in [1.807, 2.05) is 44.2 Å². The van der Waals surface area contributed by atoms with Crippen molar-refractivity contribution >= 4 is 17.3 Å². The van der Waals surface area contributed by atoms with Gasteiger partial charge in [-0.15, -0.1) is 0 Å². The molecule has 1 amide bonds. The average molecular weight is 340 g/mol. The SMILES string of the molecule is Cc1ccc(C)c(NC(=O)C[NH+]2CCN(c3ccccc3O)CC2)c1. The van der Waals surface area contributed by atoms with E-state index >= 15 is 0 Å². The average Bonchev–Trinajstić information content (AvgIpc) is 2.59. The molecule has 0 spiro atoms. The molecule has 0 unspecified atom stereocenters. The Morgan fingerprint density at radius 1 is 1.16 bits per heavy atom. The number of quaternary nitrogens is 1. The van der Waals surface area contributed by atoms with Gasteiger partial charge < -0.3 is 20.2 Å². The molecule has 3 N–H and O–H groups in total. The number of phenolic OH excluding ortho intramolecular Hbond substituents is 1. The number of para-hydroxylation sites is 2. The summed E-state index contributed by atoms with van der Waals surface area (Å²) in [4.78, 5) is 15.8. The van der Waals surface area contributed by atoms with Crippen LogP contribution in [0.4, 0.5) is 11.4 Å². The van der Waals surface area contributed by atoms with Crippen LogP contribution in [0.25, 0.3) is 0 Å². The van der Waals surface area contributed by atoms with Gasteiger partial charge in [-0.25, -0.2) is 0 Å². The van der Waals surface area contributed by atoms with Crippen molar-refractivity contribution in [3.63, 3.8) is 0 Å². The first-order chi connectivity index (χ1) is 12.0. The molecule has 1 aliphatic rings. The number of hydrogen-bond donors (Lipinski definition) is 3. The maximum atomic E-state index is 12.4. The quantitative estimate of drug-likeness (QED) is 0.788. The lowest BCUT2D eigenvalue weighted by molar-refractivity contribution is -0.892. The molecule has 0 saturated carbocycles. The van der Waals surface area contributed by atoms with E-state index < -0.39 is 0 Å². The monoisotopic (exact) mass is 340 g/mol. The second-order valence-electron chi connectivity index (χ2n) is 6.77. The predicted octanol–water partition coefficient (Wildman–Crippen LogP) is 1.35. The fourth-order valence-corrected chi connectivity index (χ4v) is 3.26. The minimum Gasteiger partial charge on any atom is -0.506 e. The van der Waals surface area contributed by atoms with Gasteiger partial charge in [0.1, 0.15) is 5.75 Å². The second kappa shape index (κ2) is 7.57. The third-order valence-electron chi connectivity index (χ3n) is 4.77. The summed E-state index contributed by atoms with van der Waals surface area (Å²) in [5.41, 5.74) is 4.00. The van der Waals surface area contributed by atoms with Gasteiger partial charge in [0.05, 0.1) is 31.9 Å². The zero-order valence-electron chi connectivity index (χ0n) is 14.9. The van der Waals surface area contributed by atoms with Crippen molar-refractivity contribution in [3.8, 4) is 5.75 Å². The van der Waals surface area contributed by atoms with Crippen molar-refractivity contribution in [1.29, 1.82) is 0 Å². The summed E-state index contributed by atoms with van der Waals surface area (Å²) in [5.74, 6) is 0.373. The van der Waals surface area contributed by atoms with Crippen LogP contribution in [0.2, 0.25) is 0 Å². The Labute approximate surface area is 148 Å². The van der Waals surface area contributed by atoms with Crippen LogP contribution in [0.5, 0.6) is 5.75 Å². The number of piperazine rings is 1. The number of carbonyl (C=O) groups excluding carboxylic acids is 1. The van der Waals surface area contributed by atoms with Crippen LogP contribution >= 0.6 is 0 Å². The molecule has 5 heteroatoms. The van der Waals surface area contributed by atoms with E-state index in [4.69, 9.17) is 0 Å². The van der Waals surface area contributed by atoms with Crippen molar-refractivity contribution < 1.29 is 14.8 Å². The summed E-state index contributed by atoms with van der Waals surface area (Å²) >= 11 is 0. The van der Waals surface area contributed by atoms with Crippen LogP contribution in [0.1, 0.15) is 11.1 Å². The molecule has 3 rings (SSSR count). The first-order valence-electron chi connectivity index (χ1n) is 8.76. The van der Waals surface area contributed by atoms with Crippen molar-refractivity contribution in [2.75, 3.05) is 42.9 Å². The highest BCUT2D eigenvalue weighted by Gasteiger charge is 2.23. The van der Waals surface area contributed by atoms with Gasteiger partial charge in [0, 0.05) is 5.69 Å². The lowest BCUT2D eigenvalue weighted by Gasteiger charge is -2.33. The Bertz CT molecular complexity index is 752. The number of nitrogens with one attached hydrogen (secondary N) is 2. The number of hydrogen-bond acceptors (Lipinski definition) is 3. The summed E-state index contributed by atoms with van der Waals surface area (Å²) in [6.45, 7) is 7.95. The van der Waals surface area contributed by atoms with E-state index in [0.29, 0.717) is 12.3 Å². The van der Waals surface area contributed by atoms with Crippen LogP contribution in [0, 0.1) is 13.8 Å². The molecule has 0 aliphatic carbocycles. The molecular formula is C20H26N3O2+. The summed E-state index contributed by atoms with van der Waals surface area (Å²) in [6, 6.07) is 13.5. The van der Waals surface area contributed by atoms with Gasteiger partial charge >= 0.3 is 0 Å². The van der Waals surface area contributed by atoms with E-state index in [2.05, 4.69) is 16.3 Å². The third kappa shape index (κ3) is 4.31. The van der Waals surface area contributed by atoms with Gasteiger partial charge in [-0.05, 0) is 43.2 Å². The molecule has 1 heterocycles. The van der Waals surface area contributed by atoms with Crippen LogP contribution < -0.4 is 15.1 Å². The van der Waals surface area contributed by atoms with E-state index in [-0.39, 0.29) is 5.91 Å². The minimum atomic E-state index is 0.0553. The Morgan fingerprint density at radius 3 is 2.60 bits per heavy atom. The zero-order valence-corrected chi connectivity index (χ0v) is 14.9. The molecule has 2 aromatic rings. The highest BCUT2D eigenvalue weighted by Crippen LogP contribution is 2.25. The Balaban J connectivity index is 1.53. The largest absolute Gasteiger partial charge is 0.506 e. The number of aryl methyl sites for hydroxylation is 2. The number of phenols is 1. The second-order valence-corrected chi connectivity index (χ2v) is 6.77. The maximum absolute atomic E-state index is 12.4. The summed E-state index contributed by atoms with van der Waals surface area (Å²) in [5, 5.41) is 13.0. The van der Waals surface area contributed by atoms with Gasteiger partial charge in [0.25, 0.3) is 5.91 Å². The zero-order chi connectivity index (χ0) is 17.8. The first-order valence-corrected chi connectivity index (χ1v) is 8.76. The molecule has 0 bridgehead atoms. The molecule has 0 aromatic heterocycles. The molecule has 5 nitrogen and oxygen atoms in total. The smallest absolute Gasteiger partial charge is 0.279 e. The highest BCUT2D eigenvalue weighted by molar-refractivity contribution is 5.92. The number of rotatable bonds is 4. The Morgan fingerprint density at radius 2 is 1.88 bits per heavy atom. The van der Waals surface area contributed by atoms with Crippen LogP contribution in [0.3, 0.4) is 0 Å². The normalized spacial score (nSPS) is 15.2. The number of nitrogens with zero attached hydrogens (tertiary/aromatic N) is 1. The van der Waals surface area contributed by atoms with Gasteiger partial charge in [-0.1, -0.05) is 24.3 Å². The number of anilines is 2. The molecular weight excluding hydrogens is 314 g/mol. The predicted molar refractivity (Wildman–Crippen MR) is 100 cm³/mol. The van der Waals surface area contributed by atoms with E-state index in [9.17, 15) is 9.90 Å². The molecule has 2 aromatic carbocycles. The molecule has 25 heavy (non-hydrogen) atoms. The fourth-order valence-electron chi connectivity index (χ4n) is 3.26. The van der Waals surface area contributed by atoms with Crippen molar-refractivity contribution in [2.24, 2.45) is 0 Å². The Kier molecular flexibility index (Phi) is 5.24.